The minimum absolute atomic E-state index is 0.0180. The zero-order valence-electron chi connectivity index (χ0n) is 17.3. The highest BCUT2D eigenvalue weighted by atomic mass is 16.5. The predicted molar refractivity (Wildman–Crippen MR) is 116 cm³/mol. The Labute approximate surface area is 174 Å². The molecule has 0 radical (unpaired) electrons. The summed E-state index contributed by atoms with van der Waals surface area (Å²) >= 11 is 0. The van der Waals surface area contributed by atoms with Gasteiger partial charge in [0.25, 0.3) is 5.91 Å². The lowest BCUT2D eigenvalue weighted by Gasteiger charge is -2.24. The summed E-state index contributed by atoms with van der Waals surface area (Å²) in [6.07, 6.45) is 4.06. The van der Waals surface area contributed by atoms with E-state index in [1.165, 1.54) is 5.56 Å². The molecule has 1 aliphatic rings. The molecule has 0 aromatic heterocycles. The molecule has 0 fully saturated rings. The highest BCUT2D eigenvalue weighted by molar-refractivity contribution is 5.97. The number of nitrogens with zero attached hydrogens (tertiary/aromatic N) is 1. The number of fused-ring (bicyclic) bond motifs is 1. The van der Waals surface area contributed by atoms with Crippen LogP contribution < -0.4 is 10.1 Å². The number of benzene rings is 2. The van der Waals surface area contributed by atoms with E-state index in [9.17, 15) is 4.79 Å². The molecular formula is C24H32N2O3. The van der Waals surface area contributed by atoms with Gasteiger partial charge in [-0.05, 0) is 43.5 Å². The Morgan fingerprint density at radius 1 is 1.07 bits per heavy atom. The van der Waals surface area contributed by atoms with Gasteiger partial charge in [0, 0.05) is 26.2 Å². The number of carbonyl (C=O) groups is 1. The minimum Gasteiger partial charge on any atom is -0.491 e. The minimum atomic E-state index is 0.0180. The first-order valence-corrected chi connectivity index (χ1v) is 10.6. The van der Waals surface area contributed by atoms with Crippen LogP contribution in [0.4, 0.5) is 0 Å². The molecule has 2 aromatic rings. The number of amides is 1. The van der Waals surface area contributed by atoms with Crippen LogP contribution >= 0.6 is 0 Å². The van der Waals surface area contributed by atoms with Crippen molar-refractivity contribution in [3.05, 3.63) is 65.7 Å². The van der Waals surface area contributed by atoms with E-state index in [2.05, 4.69) is 29.6 Å². The van der Waals surface area contributed by atoms with Crippen molar-refractivity contribution in [2.24, 2.45) is 0 Å². The van der Waals surface area contributed by atoms with Crippen molar-refractivity contribution in [2.45, 2.75) is 31.7 Å². The van der Waals surface area contributed by atoms with Gasteiger partial charge in [0.1, 0.15) is 12.4 Å². The number of ether oxygens (including phenoxy) is 2. The molecule has 1 amide bonds. The summed E-state index contributed by atoms with van der Waals surface area (Å²) in [6.45, 7) is 3.35. The summed E-state index contributed by atoms with van der Waals surface area (Å²) in [5.74, 6) is 0.670. The van der Waals surface area contributed by atoms with Crippen LogP contribution in [-0.2, 0) is 11.2 Å². The van der Waals surface area contributed by atoms with Gasteiger partial charge in [0.2, 0.25) is 0 Å². The van der Waals surface area contributed by atoms with Crippen molar-refractivity contribution in [3.8, 4) is 5.75 Å². The molecule has 0 saturated heterocycles. The molecule has 156 valence electrons. The Morgan fingerprint density at radius 2 is 1.86 bits per heavy atom. The Hall–Kier alpha value is -2.37. The zero-order chi connectivity index (χ0) is 20.3. The second-order valence-corrected chi connectivity index (χ2v) is 7.49. The molecule has 5 heteroatoms. The molecule has 1 N–H and O–H groups in total. The molecule has 0 unspecified atom stereocenters. The smallest absolute Gasteiger partial charge is 0.257 e. The molecule has 5 nitrogen and oxygen atoms in total. The van der Waals surface area contributed by atoms with E-state index in [1.54, 1.807) is 7.11 Å². The summed E-state index contributed by atoms with van der Waals surface area (Å²) in [4.78, 5) is 15.1. The average molecular weight is 397 g/mol. The van der Waals surface area contributed by atoms with Gasteiger partial charge in [0.05, 0.1) is 12.2 Å². The Balaban J connectivity index is 1.77. The van der Waals surface area contributed by atoms with Gasteiger partial charge in [-0.1, -0.05) is 48.9 Å². The van der Waals surface area contributed by atoms with Crippen LogP contribution in [0.15, 0.2) is 54.6 Å². The molecule has 0 spiro atoms. The molecule has 0 bridgehead atoms. The van der Waals surface area contributed by atoms with Gasteiger partial charge >= 0.3 is 0 Å². The third kappa shape index (κ3) is 6.58. The maximum atomic E-state index is 13.2. The van der Waals surface area contributed by atoms with E-state index < -0.39 is 0 Å². The summed E-state index contributed by atoms with van der Waals surface area (Å²) in [5, 5.41) is 3.65. The van der Waals surface area contributed by atoms with Crippen molar-refractivity contribution < 1.29 is 14.3 Å². The fourth-order valence-corrected chi connectivity index (χ4v) is 3.65. The van der Waals surface area contributed by atoms with E-state index >= 15 is 0 Å². The third-order valence-corrected chi connectivity index (χ3v) is 5.27. The van der Waals surface area contributed by atoms with Crippen LogP contribution in [0.25, 0.3) is 0 Å². The van der Waals surface area contributed by atoms with E-state index in [4.69, 9.17) is 9.47 Å². The second kappa shape index (κ2) is 11.6. The highest BCUT2D eigenvalue weighted by Gasteiger charge is 2.20. The number of nitrogens with one attached hydrogen (secondary N) is 1. The number of hydrogen-bond acceptors (Lipinski definition) is 4. The SMILES string of the molecule is COCCN1CCCCCN[C@@H](Cc2ccccc2)COc2ccccc2C1=O. The van der Waals surface area contributed by atoms with Crippen molar-refractivity contribution in [2.75, 3.05) is 40.0 Å². The predicted octanol–water partition coefficient (Wildman–Crippen LogP) is 3.54. The molecule has 1 atom stereocenters. The quantitative estimate of drug-likeness (QED) is 0.840. The first kappa shape index (κ1) is 21.3. The number of para-hydroxylation sites is 1. The largest absolute Gasteiger partial charge is 0.491 e. The normalized spacial score (nSPS) is 18.7. The van der Waals surface area contributed by atoms with Crippen molar-refractivity contribution in [1.82, 2.24) is 10.2 Å². The van der Waals surface area contributed by atoms with Gasteiger partial charge in [-0.2, -0.15) is 0 Å². The van der Waals surface area contributed by atoms with Crippen LogP contribution in [0.5, 0.6) is 5.75 Å². The van der Waals surface area contributed by atoms with E-state index in [1.807, 2.05) is 35.2 Å². The summed E-state index contributed by atoms with van der Waals surface area (Å²) < 4.78 is 11.4. The van der Waals surface area contributed by atoms with E-state index in [0.29, 0.717) is 31.1 Å². The first-order valence-electron chi connectivity index (χ1n) is 10.6. The first-order chi connectivity index (χ1) is 14.3. The summed E-state index contributed by atoms with van der Waals surface area (Å²) in [6, 6.07) is 18.2. The van der Waals surface area contributed by atoms with E-state index in [0.717, 1.165) is 38.8 Å². The third-order valence-electron chi connectivity index (χ3n) is 5.27. The van der Waals surface area contributed by atoms with Crippen LogP contribution in [0.2, 0.25) is 0 Å². The molecule has 0 aliphatic carbocycles. The second-order valence-electron chi connectivity index (χ2n) is 7.49. The molecule has 29 heavy (non-hydrogen) atoms. The van der Waals surface area contributed by atoms with Crippen LogP contribution in [0, 0.1) is 0 Å². The standard InChI is InChI=1S/C24H32N2O3/c1-28-17-16-26-15-9-3-8-14-25-21(18-20-10-4-2-5-11-20)19-29-23-13-7-6-12-22(23)24(26)27/h2,4-7,10-13,21,25H,3,8-9,14-19H2,1H3/t21-/m0/s1. The lowest BCUT2D eigenvalue weighted by atomic mass is 10.1. The Bertz CT molecular complexity index is 751. The monoisotopic (exact) mass is 396 g/mol. The van der Waals surface area contributed by atoms with Gasteiger partial charge in [-0.3, -0.25) is 4.79 Å². The lowest BCUT2D eigenvalue weighted by molar-refractivity contribution is 0.0688. The lowest BCUT2D eigenvalue weighted by Crippen LogP contribution is -2.37. The van der Waals surface area contributed by atoms with Crippen molar-refractivity contribution in [1.29, 1.82) is 0 Å². The van der Waals surface area contributed by atoms with Crippen molar-refractivity contribution in [3.63, 3.8) is 0 Å². The summed E-state index contributed by atoms with van der Waals surface area (Å²) in [5.41, 5.74) is 1.91. The molecule has 0 saturated carbocycles. The van der Waals surface area contributed by atoms with Gasteiger partial charge < -0.3 is 19.7 Å². The van der Waals surface area contributed by atoms with E-state index in [-0.39, 0.29) is 11.9 Å². The van der Waals surface area contributed by atoms with Gasteiger partial charge in [-0.15, -0.1) is 0 Å². The van der Waals surface area contributed by atoms with Crippen LogP contribution in [0.3, 0.4) is 0 Å². The van der Waals surface area contributed by atoms with Crippen molar-refractivity contribution >= 4 is 5.91 Å². The molecule has 2 aromatic carbocycles. The van der Waals surface area contributed by atoms with Crippen LogP contribution in [0.1, 0.15) is 35.2 Å². The fourth-order valence-electron chi connectivity index (χ4n) is 3.65. The van der Waals surface area contributed by atoms with Gasteiger partial charge in [0.15, 0.2) is 0 Å². The molecule has 3 rings (SSSR count). The topological polar surface area (TPSA) is 50.8 Å². The highest BCUT2D eigenvalue weighted by Crippen LogP contribution is 2.21. The summed E-state index contributed by atoms with van der Waals surface area (Å²) in [7, 11) is 1.67. The number of methoxy groups -OCH3 is 1. The average Bonchev–Trinajstić information content (AvgIpc) is 2.77. The van der Waals surface area contributed by atoms with Crippen LogP contribution in [-0.4, -0.2) is 56.8 Å². The number of hydrogen-bond donors (Lipinski definition) is 1. The zero-order valence-corrected chi connectivity index (χ0v) is 17.3. The molecule has 1 aliphatic heterocycles. The Morgan fingerprint density at radius 3 is 2.69 bits per heavy atom. The fraction of sp³-hybridized carbons (Fsp3) is 0.458. The Kier molecular flexibility index (Phi) is 8.53. The molecule has 1 heterocycles. The molecular weight excluding hydrogens is 364 g/mol. The van der Waals surface area contributed by atoms with Gasteiger partial charge in [-0.25, -0.2) is 0 Å². The maximum Gasteiger partial charge on any atom is 0.257 e. The number of rotatable bonds is 5. The number of carbonyl (C=O) groups excluding carboxylic acids is 1. The maximum absolute atomic E-state index is 13.2.